The number of nitrogens with one attached hydrogen (secondary N) is 1. The fourth-order valence-electron chi connectivity index (χ4n) is 7.21. The van der Waals surface area contributed by atoms with Gasteiger partial charge in [-0.05, 0) is 79.8 Å². The fourth-order valence-corrected chi connectivity index (χ4v) is 10.6. The van der Waals surface area contributed by atoms with Crippen molar-refractivity contribution in [2.45, 2.75) is 83.5 Å². The predicted octanol–water partition coefficient (Wildman–Crippen LogP) is 7.26. The Labute approximate surface area is 193 Å². The summed E-state index contributed by atoms with van der Waals surface area (Å²) in [5.74, 6) is 2.94. The molecule has 0 radical (unpaired) electrons. The molecule has 0 aliphatic heterocycles. The molecule has 4 aliphatic carbocycles. The minimum Gasteiger partial charge on any atom is -0.409 e. The minimum atomic E-state index is -1.81. The highest BCUT2D eigenvalue weighted by Gasteiger charge is 2.50. The summed E-state index contributed by atoms with van der Waals surface area (Å²) in [6.45, 7) is 8.70. The van der Waals surface area contributed by atoms with E-state index in [4.69, 9.17) is 27.6 Å². The lowest BCUT2D eigenvalue weighted by molar-refractivity contribution is -0.0520. The van der Waals surface area contributed by atoms with Crippen molar-refractivity contribution in [2.75, 3.05) is 13.1 Å². The molecule has 1 aromatic rings. The van der Waals surface area contributed by atoms with E-state index >= 15 is 0 Å². The van der Waals surface area contributed by atoms with Gasteiger partial charge in [-0.3, -0.25) is 4.98 Å². The van der Waals surface area contributed by atoms with Crippen LogP contribution < -0.4 is 5.32 Å². The summed E-state index contributed by atoms with van der Waals surface area (Å²) >= 11 is 13.2. The van der Waals surface area contributed by atoms with Crippen molar-refractivity contribution < 1.29 is 4.43 Å². The highest BCUT2D eigenvalue weighted by molar-refractivity contribution is 6.73. The molecular weight excluding hydrogens is 431 g/mol. The monoisotopic (exact) mass is 468 g/mol. The van der Waals surface area contributed by atoms with Crippen molar-refractivity contribution in [3.8, 4) is 0 Å². The number of nitrogens with zero attached hydrogens (tertiary/aromatic N) is 1. The maximum Gasteiger partial charge on any atom is 0.192 e. The average molecular weight is 470 g/mol. The van der Waals surface area contributed by atoms with Gasteiger partial charge in [-0.1, -0.05) is 44.0 Å². The molecule has 4 bridgehead atoms. The third-order valence-corrected chi connectivity index (χ3v) is 13.8. The Hall–Kier alpha value is -0.133. The van der Waals surface area contributed by atoms with Crippen molar-refractivity contribution in [1.82, 2.24) is 10.3 Å². The van der Waals surface area contributed by atoms with E-state index in [2.05, 4.69) is 31.1 Å². The molecule has 0 aromatic carbocycles. The third kappa shape index (κ3) is 4.64. The molecule has 1 heterocycles. The summed E-state index contributed by atoms with van der Waals surface area (Å²) in [5.41, 5.74) is 1.43. The second kappa shape index (κ2) is 9.39. The lowest BCUT2D eigenvalue weighted by atomic mass is 9.49. The lowest BCUT2D eigenvalue weighted by Gasteiger charge is -2.57. The Morgan fingerprint density at radius 1 is 1.00 bits per heavy atom. The minimum absolute atomic E-state index is 0.103. The van der Waals surface area contributed by atoms with E-state index in [0.717, 1.165) is 54.5 Å². The molecule has 4 saturated carbocycles. The van der Waals surface area contributed by atoms with Gasteiger partial charge in [-0.25, -0.2) is 0 Å². The van der Waals surface area contributed by atoms with Gasteiger partial charge in [0.2, 0.25) is 0 Å². The maximum absolute atomic E-state index is 6.93. The van der Waals surface area contributed by atoms with E-state index in [1.165, 1.54) is 38.5 Å². The molecule has 1 aromatic heterocycles. The van der Waals surface area contributed by atoms with Crippen LogP contribution in [0.1, 0.15) is 71.0 Å². The van der Waals surface area contributed by atoms with Crippen molar-refractivity contribution in [2.24, 2.45) is 23.2 Å². The predicted molar refractivity (Wildman–Crippen MR) is 129 cm³/mol. The molecule has 0 spiro atoms. The number of aromatic nitrogens is 1. The SMILES string of the molecule is CC[Si](CC)(CC)OC(CNCC12CC3CC(CC(C3)C1)C2)c1c(Cl)cncc1Cl. The van der Waals surface area contributed by atoms with E-state index in [0.29, 0.717) is 15.5 Å². The molecule has 5 rings (SSSR count). The molecule has 1 unspecified atom stereocenters. The highest BCUT2D eigenvalue weighted by Crippen LogP contribution is 2.59. The first-order valence-corrected chi connectivity index (χ1v) is 15.4. The van der Waals surface area contributed by atoms with Gasteiger partial charge < -0.3 is 9.74 Å². The van der Waals surface area contributed by atoms with Crippen LogP contribution in [0.3, 0.4) is 0 Å². The Morgan fingerprint density at radius 3 is 1.97 bits per heavy atom. The first-order valence-electron chi connectivity index (χ1n) is 12.1. The highest BCUT2D eigenvalue weighted by atomic mass is 35.5. The van der Waals surface area contributed by atoms with Gasteiger partial charge >= 0.3 is 0 Å². The molecule has 1 atom stereocenters. The number of hydrogen-bond donors (Lipinski definition) is 1. The largest absolute Gasteiger partial charge is 0.409 e. The van der Waals surface area contributed by atoms with Gasteiger partial charge in [0.25, 0.3) is 0 Å². The summed E-state index contributed by atoms with van der Waals surface area (Å²) in [6.07, 6.45) is 12.0. The van der Waals surface area contributed by atoms with E-state index in [1.54, 1.807) is 12.4 Å². The molecule has 30 heavy (non-hydrogen) atoms. The quantitative estimate of drug-likeness (QED) is 0.366. The maximum atomic E-state index is 6.93. The van der Waals surface area contributed by atoms with Crippen LogP contribution in [0.2, 0.25) is 28.2 Å². The average Bonchev–Trinajstić information content (AvgIpc) is 2.70. The summed E-state index contributed by atoms with van der Waals surface area (Å²) in [6, 6.07) is 3.35. The summed E-state index contributed by atoms with van der Waals surface area (Å²) < 4.78 is 6.93. The van der Waals surface area contributed by atoms with Crippen LogP contribution >= 0.6 is 23.2 Å². The molecule has 168 valence electrons. The fraction of sp³-hybridized carbons (Fsp3) is 0.792. The van der Waals surface area contributed by atoms with Gasteiger partial charge in [0, 0.05) is 31.0 Å². The zero-order chi connectivity index (χ0) is 21.4. The van der Waals surface area contributed by atoms with Crippen molar-refractivity contribution in [3.63, 3.8) is 0 Å². The van der Waals surface area contributed by atoms with E-state index in [-0.39, 0.29) is 6.10 Å². The molecule has 3 nitrogen and oxygen atoms in total. The third-order valence-electron chi connectivity index (χ3n) is 8.53. The smallest absolute Gasteiger partial charge is 0.192 e. The van der Waals surface area contributed by atoms with Gasteiger partial charge in [-0.15, -0.1) is 0 Å². The molecular formula is C24H38Cl2N2OSi. The summed E-state index contributed by atoms with van der Waals surface area (Å²) in [5, 5.41) is 5.09. The number of halogens is 2. The molecule has 6 heteroatoms. The van der Waals surface area contributed by atoms with Crippen LogP contribution in [0.4, 0.5) is 0 Å². The van der Waals surface area contributed by atoms with Gasteiger partial charge in [0.05, 0.1) is 16.1 Å². The van der Waals surface area contributed by atoms with Gasteiger partial charge in [-0.2, -0.15) is 0 Å². The Bertz CT molecular complexity index is 676. The normalized spacial score (nSPS) is 31.3. The topological polar surface area (TPSA) is 34.1 Å². The summed E-state index contributed by atoms with van der Waals surface area (Å²) in [7, 11) is -1.81. The van der Waals surface area contributed by atoms with Gasteiger partial charge in [0.1, 0.15) is 0 Å². The lowest BCUT2D eigenvalue weighted by Crippen LogP contribution is -2.51. The van der Waals surface area contributed by atoms with Crippen LogP contribution in [0, 0.1) is 23.2 Å². The first kappa shape index (κ1) is 23.0. The summed E-state index contributed by atoms with van der Waals surface area (Å²) in [4.78, 5) is 4.16. The van der Waals surface area contributed by atoms with Crippen LogP contribution in [-0.2, 0) is 4.43 Å². The second-order valence-corrected chi connectivity index (χ2v) is 16.0. The van der Waals surface area contributed by atoms with Gasteiger partial charge in [0.15, 0.2) is 8.32 Å². The van der Waals surface area contributed by atoms with Crippen molar-refractivity contribution in [3.05, 3.63) is 28.0 Å². The molecule has 1 N–H and O–H groups in total. The standard InChI is InChI=1S/C24H38Cl2N2OSi/c1-4-30(5-2,6-3)29-22(23-20(25)13-27-14-21(23)26)15-28-16-24-10-17-7-18(11-24)9-19(8-17)12-24/h13-14,17-19,22,28H,4-12,15-16H2,1-3H3. The van der Waals surface area contributed by atoms with Crippen molar-refractivity contribution >= 4 is 31.5 Å². The second-order valence-electron chi connectivity index (χ2n) is 10.4. The van der Waals surface area contributed by atoms with Crippen LogP contribution in [-0.4, -0.2) is 26.4 Å². The Morgan fingerprint density at radius 2 is 1.50 bits per heavy atom. The Kier molecular flexibility index (Phi) is 7.21. The van der Waals surface area contributed by atoms with Crippen LogP contribution in [0.25, 0.3) is 0 Å². The van der Waals surface area contributed by atoms with E-state index in [9.17, 15) is 0 Å². The van der Waals surface area contributed by atoms with E-state index < -0.39 is 8.32 Å². The Balaban J connectivity index is 1.49. The zero-order valence-electron chi connectivity index (χ0n) is 18.9. The molecule has 0 amide bonds. The molecule has 4 fully saturated rings. The number of rotatable bonds is 10. The van der Waals surface area contributed by atoms with Crippen LogP contribution in [0.15, 0.2) is 12.4 Å². The van der Waals surface area contributed by atoms with E-state index in [1.807, 2.05) is 0 Å². The number of pyridine rings is 1. The zero-order valence-corrected chi connectivity index (χ0v) is 21.4. The van der Waals surface area contributed by atoms with Crippen molar-refractivity contribution in [1.29, 1.82) is 0 Å². The molecule has 0 saturated heterocycles. The number of hydrogen-bond acceptors (Lipinski definition) is 3. The molecule has 4 aliphatic rings. The van der Waals surface area contributed by atoms with Crippen LogP contribution in [0.5, 0.6) is 0 Å². The first-order chi connectivity index (χ1) is 14.4.